The number of hydrogen-bond acceptors (Lipinski definition) is 2. The van der Waals surface area contributed by atoms with Gasteiger partial charge in [-0.25, -0.2) is 9.78 Å². The van der Waals surface area contributed by atoms with Crippen LogP contribution < -0.4 is 0 Å². The van der Waals surface area contributed by atoms with Gasteiger partial charge >= 0.3 is 5.97 Å². The lowest BCUT2D eigenvalue weighted by molar-refractivity contribution is 0.0698. The minimum Gasteiger partial charge on any atom is -0.478 e. The van der Waals surface area contributed by atoms with Crippen LogP contribution in [0.5, 0.6) is 0 Å². The van der Waals surface area contributed by atoms with Gasteiger partial charge < -0.3 is 9.51 Å². The summed E-state index contributed by atoms with van der Waals surface area (Å²) in [7, 11) is 0. The molecule has 100 valence electrons. The molecule has 0 radical (unpaired) electrons. The van der Waals surface area contributed by atoms with Crippen LogP contribution in [0.1, 0.15) is 21.6 Å². The average Bonchev–Trinajstić information content (AvgIpc) is 2.83. The van der Waals surface area contributed by atoms with Crippen LogP contribution in [-0.2, 0) is 6.42 Å². The number of carboxylic acids is 1. The Labute approximate surface area is 120 Å². The van der Waals surface area contributed by atoms with Crippen molar-refractivity contribution in [3.05, 3.63) is 70.6 Å². The first-order valence-electron chi connectivity index (χ1n) is 6.08. The third-order valence-electron chi connectivity index (χ3n) is 3.06. The predicted octanol–water partition coefficient (Wildman–Crippen LogP) is 3.28. The summed E-state index contributed by atoms with van der Waals surface area (Å²) >= 11 is 5.85. The maximum atomic E-state index is 11.2. The number of pyridine rings is 1. The maximum absolute atomic E-state index is 11.2. The molecule has 5 heteroatoms. The van der Waals surface area contributed by atoms with Crippen molar-refractivity contribution in [2.75, 3.05) is 0 Å². The van der Waals surface area contributed by atoms with Crippen molar-refractivity contribution < 1.29 is 9.90 Å². The van der Waals surface area contributed by atoms with Crippen LogP contribution in [0, 0.1) is 0 Å². The fourth-order valence-electron chi connectivity index (χ4n) is 2.13. The number of nitrogens with zero attached hydrogens (tertiary/aromatic N) is 2. The van der Waals surface area contributed by atoms with Crippen molar-refractivity contribution in [2.24, 2.45) is 0 Å². The Balaban J connectivity index is 1.99. The summed E-state index contributed by atoms with van der Waals surface area (Å²) in [5.74, 6) is -0.973. The standard InChI is InChI=1S/C15H11ClN2O2/c16-11-5-3-10(4-6-11)8-12-9-18-7-1-2-13(15(19)20)14(18)17-12/h1-7,9H,8H2,(H,19,20). The predicted molar refractivity (Wildman–Crippen MR) is 76.4 cm³/mol. The van der Waals surface area contributed by atoms with Gasteiger partial charge in [0.1, 0.15) is 5.56 Å². The summed E-state index contributed by atoms with van der Waals surface area (Å²) in [5, 5.41) is 9.84. The molecule has 0 saturated heterocycles. The molecule has 0 aliphatic heterocycles. The van der Waals surface area contributed by atoms with E-state index in [1.165, 1.54) is 0 Å². The second kappa shape index (κ2) is 4.98. The lowest BCUT2D eigenvalue weighted by atomic mass is 10.1. The van der Waals surface area contributed by atoms with E-state index in [4.69, 9.17) is 16.7 Å². The number of hydrogen-bond donors (Lipinski definition) is 1. The molecule has 1 N–H and O–H groups in total. The minimum atomic E-state index is -0.973. The van der Waals surface area contributed by atoms with E-state index in [9.17, 15) is 4.79 Å². The Morgan fingerprint density at radius 3 is 2.70 bits per heavy atom. The number of halogens is 1. The van der Waals surface area contributed by atoms with Crippen LogP contribution in [0.25, 0.3) is 5.65 Å². The molecule has 2 aromatic heterocycles. The Morgan fingerprint density at radius 2 is 2.00 bits per heavy atom. The van der Waals surface area contributed by atoms with Gasteiger partial charge in [0.25, 0.3) is 0 Å². The molecular weight excluding hydrogens is 276 g/mol. The number of rotatable bonds is 3. The van der Waals surface area contributed by atoms with Crippen LogP contribution >= 0.6 is 11.6 Å². The molecule has 0 amide bonds. The highest BCUT2D eigenvalue weighted by atomic mass is 35.5. The second-order valence-electron chi connectivity index (χ2n) is 4.49. The molecule has 0 atom stereocenters. The zero-order valence-electron chi connectivity index (χ0n) is 10.5. The van der Waals surface area contributed by atoms with Gasteiger partial charge in [-0.2, -0.15) is 0 Å². The molecule has 3 aromatic rings. The monoisotopic (exact) mass is 286 g/mol. The Bertz CT molecular complexity index is 778. The van der Waals surface area contributed by atoms with Crippen LogP contribution in [0.3, 0.4) is 0 Å². The lowest BCUT2D eigenvalue weighted by Crippen LogP contribution is -1.99. The fourth-order valence-corrected chi connectivity index (χ4v) is 2.25. The van der Waals surface area contributed by atoms with Gasteiger partial charge in [-0.3, -0.25) is 0 Å². The van der Waals surface area contributed by atoms with E-state index >= 15 is 0 Å². The number of fused-ring (bicyclic) bond motifs is 1. The number of aromatic nitrogens is 2. The Kier molecular flexibility index (Phi) is 3.16. The number of benzene rings is 1. The van der Waals surface area contributed by atoms with E-state index in [0.717, 1.165) is 11.3 Å². The van der Waals surface area contributed by atoms with E-state index in [1.54, 1.807) is 22.7 Å². The number of carboxylic acid groups (broad SMARTS) is 1. The Hall–Kier alpha value is -2.33. The first kappa shape index (κ1) is 12.7. The van der Waals surface area contributed by atoms with Crippen molar-refractivity contribution in [2.45, 2.75) is 6.42 Å². The van der Waals surface area contributed by atoms with E-state index < -0.39 is 5.97 Å². The van der Waals surface area contributed by atoms with Crippen LogP contribution in [-0.4, -0.2) is 20.5 Å². The highest BCUT2D eigenvalue weighted by molar-refractivity contribution is 6.30. The number of carbonyl (C=O) groups is 1. The van der Waals surface area contributed by atoms with Crippen molar-refractivity contribution in [1.82, 2.24) is 9.38 Å². The van der Waals surface area contributed by atoms with Gasteiger partial charge in [-0.05, 0) is 29.8 Å². The van der Waals surface area contributed by atoms with Crippen LogP contribution in [0.4, 0.5) is 0 Å². The summed E-state index contributed by atoms with van der Waals surface area (Å²) in [5.41, 5.74) is 2.56. The molecule has 3 rings (SSSR count). The summed E-state index contributed by atoms with van der Waals surface area (Å²) in [4.78, 5) is 15.6. The summed E-state index contributed by atoms with van der Waals surface area (Å²) in [6.45, 7) is 0. The summed E-state index contributed by atoms with van der Waals surface area (Å²) in [6, 6.07) is 10.8. The minimum absolute atomic E-state index is 0.204. The van der Waals surface area contributed by atoms with E-state index in [0.29, 0.717) is 17.1 Å². The smallest absolute Gasteiger partial charge is 0.339 e. The van der Waals surface area contributed by atoms with Gasteiger partial charge in [0.15, 0.2) is 5.65 Å². The number of aromatic carboxylic acids is 1. The average molecular weight is 287 g/mol. The molecule has 2 heterocycles. The molecule has 0 fully saturated rings. The topological polar surface area (TPSA) is 54.6 Å². The van der Waals surface area contributed by atoms with Crippen molar-refractivity contribution >= 4 is 23.2 Å². The second-order valence-corrected chi connectivity index (χ2v) is 4.93. The van der Waals surface area contributed by atoms with Crippen molar-refractivity contribution in [3.8, 4) is 0 Å². The van der Waals surface area contributed by atoms with Crippen LogP contribution in [0.2, 0.25) is 5.02 Å². The molecule has 0 bridgehead atoms. The number of imidazole rings is 1. The molecular formula is C15H11ClN2O2. The molecule has 1 aromatic carbocycles. The molecule has 0 spiro atoms. The van der Waals surface area contributed by atoms with E-state index in [1.807, 2.05) is 30.5 Å². The zero-order valence-corrected chi connectivity index (χ0v) is 11.2. The first-order valence-corrected chi connectivity index (χ1v) is 6.45. The molecule has 0 saturated carbocycles. The molecule has 20 heavy (non-hydrogen) atoms. The fraction of sp³-hybridized carbons (Fsp3) is 0.0667. The largest absolute Gasteiger partial charge is 0.478 e. The molecule has 4 nitrogen and oxygen atoms in total. The lowest BCUT2D eigenvalue weighted by Gasteiger charge is -1.97. The summed E-state index contributed by atoms with van der Waals surface area (Å²) < 4.78 is 1.73. The Morgan fingerprint density at radius 1 is 1.25 bits per heavy atom. The van der Waals surface area contributed by atoms with Gasteiger partial charge in [0.05, 0.1) is 5.69 Å². The van der Waals surface area contributed by atoms with Gasteiger partial charge in [-0.15, -0.1) is 0 Å². The zero-order chi connectivity index (χ0) is 14.1. The molecule has 0 aliphatic rings. The maximum Gasteiger partial charge on any atom is 0.339 e. The first-order chi connectivity index (χ1) is 9.63. The third-order valence-corrected chi connectivity index (χ3v) is 3.31. The van der Waals surface area contributed by atoms with E-state index in [2.05, 4.69) is 4.98 Å². The summed E-state index contributed by atoms with van der Waals surface area (Å²) in [6.07, 6.45) is 4.27. The normalized spacial score (nSPS) is 10.8. The van der Waals surface area contributed by atoms with Crippen LogP contribution in [0.15, 0.2) is 48.8 Å². The highest BCUT2D eigenvalue weighted by Crippen LogP contribution is 2.16. The quantitative estimate of drug-likeness (QED) is 0.804. The van der Waals surface area contributed by atoms with Gasteiger partial charge in [0, 0.05) is 23.8 Å². The third kappa shape index (κ3) is 2.38. The molecule has 0 aliphatic carbocycles. The molecule has 0 unspecified atom stereocenters. The highest BCUT2D eigenvalue weighted by Gasteiger charge is 2.11. The van der Waals surface area contributed by atoms with Crippen molar-refractivity contribution in [1.29, 1.82) is 0 Å². The van der Waals surface area contributed by atoms with Gasteiger partial charge in [-0.1, -0.05) is 23.7 Å². The van der Waals surface area contributed by atoms with E-state index in [-0.39, 0.29) is 5.56 Å². The van der Waals surface area contributed by atoms with Crippen molar-refractivity contribution in [3.63, 3.8) is 0 Å². The van der Waals surface area contributed by atoms with Gasteiger partial charge in [0.2, 0.25) is 0 Å². The SMILES string of the molecule is O=C(O)c1cccn2cc(Cc3ccc(Cl)cc3)nc12.